The molecule has 3 heterocycles. The first-order valence-corrected chi connectivity index (χ1v) is 10.9. The fourth-order valence-electron chi connectivity index (χ4n) is 3.96. The van der Waals surface area contributed by atoms with Crippen molar-refractivity contribution in [2.75, 3.05) is 11.9 Å². The largest absolute Gasteiger partial charge is 0.339 e. The highest BCUT2D eigenvalue weighted by molar-refractivity contribution is 14.1. The van der Waals surface area contributed by atoms with Crippen LogP contribution in [0.15, 0.2) is 12.3 Å². The number of nitrogens with zero attached hydrogens (tertiary/aromatic N) is 2. The molecule has 1 saturated carbocycles. The molecular weight excluding hydrogens is 453 g/mol. The van der Waals surface area contributed by atoms with Crippen molar-refractivity contribution in [1.29, 1.82) is 0 Å². The Labute approximate surface area is 175 Å². The summed E-state index contributed by atoms with van der Waals surface area (Å²) in [6.45, 7) is 10.5. The Morgan fingerprint density at radius 3 is 2.26 bits per heavy atom. The van der Waals surface area contributed by atoms with Gasteiger partial charge in [0.15, 0.2) is 0 Å². The molecule has 0 unspecified atom stereocenters. The zero-order valence-electron chi connectivity index (χ0n) is 16.9. The quantitative estimate of drug-likeness (QED) is 0.651. The lowest BCUT2D eigenvalue weighted by atomic mass is 9.77. The average Bonchev–Trinajstić information content (AvgIpc) is 2.62. The van der Waals surface area contributed by atoms with Crippen LogP contribution in [0.1, 0.15) is 66.0 Å². The van der Waals surface area contributed by atoms with Gasteiger partial charge in [0.25, 0.3) is 0 Å². The molecule has 0 atom stereocenters. The van der Waals surface area contributed by atoms with Gasteiger partial charge >= 0.3 is 0 Å². The standard InChI is InChI=1S/C21H30IN3O2/c1-20(2,3)18(26)24-16-11-23-17(10-15(16)22)21(4,5)19(27)25-12-13-6-8-14(25)9-7-13/h10-11,13-14H,6-9,12H2,1-5H3,(H,24,26). The molecule has 5 nitrogen and oxygen atoms in total. The van der Waals surface area contributed by atoms with E-state index in [0.29, 0.717) is 17.6 Å². The van der Waals surface area contributed by atoms with Crippen LogP contribution in [0.3, 0.4) is 0 Å². The number of aromatic nitrogens is 1. The molecule has 0 radical (unpaired) electrons. The first kappa shape index (κ1) is 20.6. The summed E-state index contributed by atoms with van der Waals surface area (Å²) in [4.78, 5) is 32.2. The smallest absolute Gasteiger partial charge is 0.234 e. The number of piperidine rings is 2. The van der Waals surface area contributed by atoms with Crippen LogP contribution in [0.4, 0.5) is 5.69 Å². The van der Waals surface area contributed by atoms with Crippen LogP contribution in [0.5, 0.6) is 0 Å². The van der Waals surface area contributed by atoms with Crippen molar-refractivity contribution in [3.8, 4) is 0 Å². The Hall–Kier alpha value is -1.18. The summed E-state index contributed by atoms with van der Waals surface area (Å²) < 4.78 is 0.899. The van der Waals surface area contributed by atoms with Crippen molar-refractivity contribution in [3.05, 3.63) is 21.5 Å². The predicted octanol–water partition coefficient (Wildman–Crippen LogP) is 4.35. The third kappa shape index (κ3) is 4.15. The lowest BCUT2D eigenvalue weighted by molar-refractivity contribution is -0.144. The highest BCUT2D eigenvalue weighted by atomic mass is 127. The molecule has 2 amide bonds. The number of anilines is 1. The van der Waals surface area contributed by atoms with Gasteiger partial charge in [-0.05, 0) is 74.1 Å². The second-order valence-corrected chi connectivity index (χ2v) is 10.7. The fraction of sp³-hybridized carbons (Fsp3) is 0.667. The molecule has 4 rings (SSSR count). The number of carbonyl (C=O) groups is 2. The molecule has 0 aromatic carbocycles. The average molecular weight is 483 g/mol. The number of halogens is 1. The van der Waals surface area contributed by atoms with Crippen LogP contribution in [-0.2, 0) is 15.0 Å². The first-order valence-electron chi connectivity index (χ1n) is 9.78. The molecule has 6 heteroatoms. The summed E-state index contributed by atoms with van der Waals surface area (Å²) >= 11 is 2.20. The Bertz CT molecular complexity index is 746. The van der Waals surface area contributed by atoms with Gasteiger partial charge in [0.05, 0.1) is 23.0 Å². The van der Waals surface area contributed by atoms with Gasteiger partial charge in [0.1, 0.15) is 0 Å². The van der Waals surface area contributed by atoms with Crippen molar-refractivity contribution >= 4 is 40.1 Å². The Kier molecular flexibility index (Phi) is 5.58. The van der Waals surface area contributed by atoms with E-state index in [1.807, 2.05) is 40.7 Å². The summed E-state index contributed by atoms with van der Waals surface area (Å²) in [5, 5.41) is 2.94. The number of carbonyl (C=O) groups excluding carboxylic acids is 2. The van der Waals surface area contributed by atoms with Crippen molar-refractivity contribution in [2.45, 2.75) is 71.8 Å². The van der Waals surface area contributed by atoms with Crippen LogP contribution in [0.25, 0.3) is 0 Å². The molecule has 3 aliphatic rings. The second kappa shape index (κ2) is 7.33. The molecule has 2 saturated heterocycles. The third-order valence-electron chi connectivity index (χ3n) is 5.93. The number of fused-ring (bicyclic) bond motifs is 3. The van der Waals surface area contributed by atoms with E-state index in [1.165, 1.54) is 12.8 Å². The van der Waals surface area contributed by atoms with E-state index in [0.717, 1.165) is 28.7 Å². The minimum absolute atomic E-state index is 0.0466. The van der Waals surface area contributed by atoms with Gasteiger partial charge < -0.3 is 10.2 Å². The lowest BCUT2D eigenvalue weighted by Crippen LogP contribution is -2.55. The van der Waals surface area contributed by atoms with E-state index in [2.05, 4.69) is 37.8 Å². The van der Waals surface area contributed by atoms with Crippen LogP contribution in [0, 0.1) is 14.9 Å². The minimum Gasteiger partial charge on any atom is -0.339 e. The number of hydrogen-bond donors (Lipinski definition) is 1. The van der Waals surface area contributed by atoms with E-state index in [-0.39, 0.29) is 11.8 Å². The maximum Gasteiger partial charge on any atom is 0.234 e. The van der Waals surface area contributed by atoms with Crippen LogP contribution in [-0.4, -0.2) is 34.3 Å². The Morgan fingerprint density at radius 1 is 1.15 bits per heavy atom. The van der Waals surface area contributed by atoms with E-state index in [4.69, 9.17) is 0 Å². The summed E-state index contributed by atoms with van der Waals surface area (Å²) in [6, 6.07) is 2.32. The van der Waals surface area contributed by atoms with E-state index >= 15 is 0 Å². The second-order valence-electron chi connectivity index (χ2n) is 9.51. The molecule has 3 fully saturated rings. The molecule has 0 spiro atoms. The summed E-state index contributed by atoms with van der Waals surface area (Å²) in [6.07, 6.45) is 6.46. The maximum atomic E-state index is 13.3. The topological polar surface area (TPSA) is 62.3 Å². The summed E-state index contributed by atoms with van der Waals surface area (Å²) in [5.74, 6) is 0.791. The number of amides is 2. The summed E-state index contributed by atoms with van der Waals surface area (Å²) in [5.41, 5.74) is 0.306. The molecule has 2 bridgehead atoms. The highest BCUT2D eigenvalue weighted by Crippen LogP contribution is 2.38. The number of pyridine rings is 1. The van der Waals surface area contributed by atoms with Gasteiger partial charge in [0.2, 0.25) is 11.8 Å². The van der Waals surface area contributed by atoms with Crippen LogP contribution in [0.2, 0.25) is 0 Å². The van der Waals surface area contributed by atoms with Gasteiger partial charge in [-0.15, -0.1) is 0 Å². The van der Waals surface area contributed by atoms with E-state index < -0.39 is 10.8 Å². The van der Waals surface area contributed by atoms with Crippen LogP contribution >= 0.6 is 22.6 Å². The van der Waals surface area contributed by atoms with E-state index in [9.17, 15) is 9.59 Å². The van der Waals surface area contributed by atoms with E-state index in [1.54, 1.807) is 6.20 Å². The zero-order valence-corrected chi connectivity index (χ0v) is 19.1. The maximum absolute atomic E-state index is 13.3. The fourth-order valence-corrected chi connectivity index (χ4v) is 4.53. The van der Waals surface area contributed by atoms with Gasteiger partial charge in [-0.1, -0.05) is 20.8 Å². The molecular formula is C21H30IN3O2. The zero-order chi connectivity index (χ0) is 20.0. The normalized spacial score (nSPS) is 22.7. The van der Waals surface area contributed by atoms with Gasteiger partial charge in [-0.3, -0.25) is 14.6 Å². The van der Waals surface area contributed by atoms with Gasteiger partial charge in [0, 0.05) is 21.6 Å². The Balaban J connectivity index is 1.79. The first-order chi connectivity index (χ1) is 12.5. The highest BCUT2D eigenvalue weighted by Gasteiger charge is 2.43. The molecule has 1 aromatic heterocycles. The van der Waals surface area contributed by atoms with Crippen molar-refractivity contribution < 1.29 is 9.59 Å². The lowest BCUT2D eigenvalue weighted by Gasteiger charge is -2.47. The molecule has 1 aromatic rings. The predicted molar refractivity (Wildman–Crippen MR) is 116 cm³/mol. The molecule has 1 N–H and O–H groups in total. The third-order valence-corrected chi connectivity index (χ3v) is 6.82. The van der Waals surface area contributed by atoms with Gasteiger partial charge in [-0.2, -0.15) is 0 Å². The SMILES string of the molecule is CC(C)(C)C(=O)Nc1cnc(C(C)(C)C(=O)N2CC3CCC2CC3)cc1I. The number of hydrogen-bond acceptors (Lipinski definition) is 3. The summed E-state index contributed by atoms with van der Waals surface area (Å²) in [7, 11) is 0. The monoisotopic (exact) mass is 483 g/mol. The number of nitrogens with one attached hydrogen (secondary N) is 1. The number of rotatable bonds is 3. The van der Waals surface area contributed by atoms with Crippen molar-refractivity contribution in [3.63, 3.8) is 0 Å². The molecule has 27 heavy (non-hydrogen) atoms. The van der Waals surface area contributed by atoms with Crippen molar-refractivity contribution in [2.24, 2.45) is 11.3 Å². The van der Waals surface area contributed by atoms with Crippen molar-refractivity contribution in [1.82, 2.24) is 9.88 Å². The van der Waals surface area contributed by atoms with Crippen LogP contribution < -0.4 is 5.32 Å². The minimum atomic E-state index is -0.677. The molecule has 1 aliphatic carbocycles. The Morgan fingerprint density at radius 2 is 1.78 bits per heavy atom. The molecule has 2 aliphatic heterocycles. The molecule has 148 valence electrons. The van der Waals surface area contributed by atoms with Gasteiger partial charge in [-0.25, -0.2) is 0 Å².